The van der Waals surface area contributed by atoms with Crippen molar-refractivity contribution in [3.05, 3.63) is 34.3 Å². The van der Waals surface area contributed by atoms with Crippen molar-refractivity contribution in [3.63, 3.8) is 0 Å². The van der Waals surface area contributed by atoms with Crippen LogP contribution in [0.2, 0.25) is 0 Å². The van der Waals surface area contributed by atoms with E-state index in [1.165, 1.54) is 37.7 Å². The highest BCUT2D eigenvalue weighted by atomic mass is 79.9. The third kappa shape index (κ3) is 3.79. The van der Waals surface area contributed by atoms with Crippen LogP contribution in [0.3, 0.4) is 0 Å². The number of carbonyl (C=O) groups is 1. The van der Waals surface area contributed by atoms with Gasteiger partial charge in [0.1, 0.15) is 0 Å². The van der Waals surface area contributed by atoms with Crippen LogP contribution in [0.15, 0.2) is 28.7 Å². The van der Waals surface area contributed by atoms with Gasteiger partial charge >= 0.3 is 6.03 Å². The first-order valence-electron chi connectivity index (χ1n) is 8.05. The highest BCUT2D eigenvalue weighted by Crippen LogP contribution is 2.38. The maximum atomic E-state index is 12.3. The minimum Gasteiger partial charge on any atom is -0.335 e. The highest BCUT2D eigenvalue weighted by molar-refractivity contribution is 9.10. The first-order valence-corrected chi connectivity index (χ1v) is 8.84. The number of hydrogen-bond donors (Lipinski definition) is 2. The second-order valence-electron chi connectivity index (χ2n) is 6.32. The smallest absolute Gasteiger partial charge is 0.315 e. The summed E-state index contributed by atoms with van der Waals surface area (Å²) < 4.78 is 1.08. The molecule has 1 aromatic rings. The summed E-state index contributed by atoms with van der Waals surface area (Å²) in [6.07, 6.45) is 8.44. The van der Waals surface area contributed by atoms with Crippen LogP contribution in [0.4, 0.5) is 4.79 Å². The van der Waals surface area contributed by atoms with E-state index in [1.54, 1.807) is 0 Å². The Morgan fingerprint density at radius 1 is 1.05 bits per heavy atom. The van der Waals surface area contributed by atoms with Crippen molar-refractivity contribution in [2.45, 2.75) is 57.0 Å². The van der Waals surface area contributed by atoms with Gasteiger partial charge in [-0.25, -0.2) is 4.79 Å². The maximum absolute atomic E-state index is 12.3. The molecule has 0 heterocycles. The van der Waals surface area contributed by atoms with Crippen LogP contribution in [0.25, 0.3) is 0 Å². The number of amides is 2. The molecule has 0 unspecified atom stereocenters. The number of nitrogens with one attached hydrogen (secondary N) is 2. The van der Waals surface area contributed by atoms with E-state index >= 15 is 0 Å². The summed E-state index contributed by atoms with van der Waals surface area (Å²) in [5, 5.41) is 6.35. The van der Waals surface area contributed by atoms with Gasteiger partial charge in [0.2, 0.25) is 0 Å². The van der Waals surface area contributed by atoms with Gasteiger partial charge in [-0.2, -0.15) is 0 Å². The molecule has 3 nitrogen and oxygen atoms in total. The van der Waals surface area contributed by atoms with Crippen molar-refractivity contribution in [1.29, 1.82) is 0 Å². The predicted octanol–water partition coefficient (Wildman–Crippen LogP) is 4.53. The highest BCUT2D eigenvalue weighted by Gasteiger charge is 2.30. The molecule has 2 N–H and O–H groups in total. The quantitative estimate of drug-likeness (QED) is 0.822. The average Bonchev–Trinajstić information content (AvgIpc) is 2.89. The molecular formula is C17H23BrN2O. The van der Waals surface area contributed by atoms with Crippen molar-refractivity contribution < 1.29 is 4.79 Å². The topological polar surface area (TPSA) is 41.1 Å². The predicted molar refractivity (Wildman–Crippen MR) is 88.1 cm³/mol. The van der Waals surface area contributed by atoms with Crippen LogP contribution >= 0.6 is 15.9 Å². The first-order chi connectivity index (χ1) is 10.2. The van der Waals surface area contributed by atoms with Gasteiger partial charge in [0, 0.05) is 10.5 Å². The lowest BCUT2D eigenvalue weighted by Crippen LogP contribution is -2.45. The van der Waals surface area contributed by atoms with Crippen molar-refractivity contribution in [1.82, 2.24) is 10.6 Å². The zero-order valence-corrected chi connectivity index (χ0v) is 13.9. The van der Waals surface area contributed by atoms with Gasteiger partial charge in [-0.15, -0.1) is 0 Å². The fourth-order valence-electron chi connectivity index (χ4n) is 3.36. The summed E-state index contributed by atoms with van der Waals surface area (Å²) >= 11 is 3.47. The Bertz CT molecular complexity index is 478. The van der Waals surface area contributed by atoms with Gasteiger partial charge in [0.05, 0.1) is 6.04 Å². The maximum Gasteiger partial charge on any atom is 0.315 e. The summed E-state index contributed by atoms with van der Waals surface area (Å²) in [4.78, 5) is 12.3. The Morgan fingerprint density at radius 2 is 1.71 bits per heavy atom. The van der Waals surface area contributed by atoms with E-state index in [4.69, 9.17) is 0 Å². The van der Waals surface area contributed by atoms with Crippen molar-refractivity contribution in [3.8, 4) is 0 Å². The summed E-state index contributed by atoms with van der Waals surface area (Å²) in [6.45, 7) is 0. The number of rotatable bonds is 4. The molecule has 21 heavy (non-hydrogen) atoms. The van der Waals surface area contributed by atoms with Gasteiger partial charge in [0.15, 0.2) is 0 Å². The molecule has 0 spiro atoms. The van der Waals surface area contributed by atoms with Gasteiger partial charge in [-0.05, 0) is 49.3 Å². The fraction of sp³-hybridized carbons (Fsp3) is 0.588. The second-order valence-corrected chi connectivity index (χ2v) is 7.24. The summed E-state index contributed by atoms with van der Waals surface area (Å²) in [5.41, 5.74) is 1.21. The van der Waals surface area contributed by atoms with E-state index in [0.717, 1.165) is 17.3 Å². The lowest BCUT2D eigenvalue weighted by Gasteiger charge is -2.35. The second kappa shape index (κ2) is 6.82. The normalized spacial score (nSPS) is 20.8. The molecule has 0 aromatic heterocycles. The Hall–Kier alpha value is -1.03. The van der Waals surface area contributed by atoms with Gasteiger partial charge in [-0.3, -0.25) is 0 Å². The van der Waals surface area contributed by atoms with Gasteiger partial charge in [0.25, 0.3) is 0 Å². The number of hydrogen-bond acceptors (Lipinski definition) is 1. The van der Waals surface area contributed by atoms with Gasteiger partial charge < -0.3 is 10.6 Å². The number of carbonyl (C=O) groups excluding carboxylic acids is 1. The van der Waals surface area contributed by atoms with Crippen LogP contribution in [0.5, 0.6) is 0 Å². The Labute approximate surface area is 135 Å². The largest absolute Gasteiger partial charge is 0.335 e. The summed E-state index contributed by atoms with van der Waals surface area (Å²) in [5.74, 6) is 0.584. The van der Waals surface area contributed by atoms with E-state index in [2.05, 4.69) is 50.8 Å². The summed E-state index contributed by atoms with van der Waals surface area (Å²) in [7, 11) is 0. The molecule has 1 aromatic carbocycles. The Kier molecular flexibility index (Phi) is 4.84. The molecule has 2 amide bonds. The number of benzene rings is 1. The molecule has 0 radical (unpaired) electrons. The van der Waals surface area contributed by atoms with E-state index in [9.17, 15) is 4.79 Å². The van der Waals surface area contributed by atoms with E-state index in [1.807, 2.05) is 0 Å². The minimum atomic E-state index is 0.00159. The third-order valence-electron chi connectivity index (χ3n) is 4.83. The fourth-order valence-corrected chi connectivity index (χ4v) is 3.62. The molecule has 2 saturated carbocycles. The van der Waals surface area contributed by atoms with E-state index in [-0.39, 0.29) is 12.1 Å². The number of urea groups is 1. The standard InChI is InChI=1S/C17H23BrN2O/c18-14-10-8-13(9-11-14)16(12-4-3-5-12)20-17(21)19-15-6-1-2-7-15/h8-12,15-16H,1-7H2,(H2,19,20,21)/t16-/m1/s1. The molecule has 3 rings (SSSR count). The Morgan fingerprint density at radius 3 is 2.29 bits per heavy atom. The lowest BCUT2D eigenvalue weighted by molar-refractivity contribution is 0.205. The van der Waals surface area contributed by atoms with E-state index in [0.29, 0.717) is 12.0 Å². The number of halogens is 1. The molecule has 4 heteroatoms. The molecular weight excluding hydrogens is 328 g/mol. The molecule has 0 bridgehead atoms. The molecule has 2 aliphatic carbocycles. The van der Waals surface area contributed by atoms with Crippen molar-refractivity contribution in [2.24, 2.45) is 5.92 Å². The monoisotopic (exact) mass is 350 g/mol. The van der Waals surface area contributed by atoms with E-state index < -0.39 is 0 Å². The molecule has 0 saturated heterocycles. The molecule has 0 aliphatic heterocycles. The van der Waals surface area contributed by atoms with Crippen LogP contribution in [0, 0.1) is 5.92 Å². The van der Waals surface area contributed by atoms with Crippen LogP contribution < -0.4 is 10.6 Å². The molecule has 2 fully saturated rings. The zero-order valence-electron chi connectivity index (χ0n) is 12.3. The first kappa shape index (κ1) is 14.9. The average molecular weight is 351 g/mol. The zero-order chi connectivity index (χ0) is 14.7. The van der Waals surface area contributed by atoms with Crippen molar-refractivity contribution >= 4 is 22.0 Å². The Balaban J connectivity index is 1.64. The minimum absolute atomic E-state index is 0.00159. The van der Waals surface area contributed by atoms with Crippen LogP contribution in [-0.2, 0) is 0 Å². The third-order valence-corrected chi connectivity index (χ3v) is 5.36. The summed E-state index contributed by atoms with van der Waals surface area (Å²) in [6, 6.07) is 8.85. The molecule has 1 atom stereocenters. The van der Waals surface area contributed by atoms with Gasteiger partial charge in [-0.1, -0.05) is 47.3 Å². The molecule has 2 aliphatic rings. The molecule has 114 valence electrons. The van der Waals surface area contributed by atoms with Crippen LogP contribution in [0.1, 0.15) is 56.6 Å². The van der Waals surface area contributed by atoms with Crippen LogP contribution in [-0.4, -0.2) is 12.1 Å². The van der Waals surface area contributed by atoms with Crippen molar-refractivity contribution in [2.75, 3.05) is 0 Å². The SMILES string of the molecule is O=C(NC1CCCC1)N[C@@H](c1ccc(Br)cc1)C1CCC1. The lowest BCUT2D eigenvalue weighted by atomic mass is 9.77.